The van der Waals surface area contributed by atoms with Crippen LogP contribution in [0.4, 0.5) is 5.82 Å². The number of hydrogen-bond donors (Lipinski definition) is 1. The molecule has 0 aliphatic heterocycles. The van der Waals surface area contributed by atoms with E-state index in [2.05, 4.69) is 50.7 Å². The van der Waals surface area contributed by atoms with E-state index in [1.807, 2.05) is 12.1 Å². The predicted molar refractivity (Wildman–Crippen MR) is 104 cm³/mol. The molecule has 0 bridgehead atoms. The van der Waals surface area contributed by atoms with Gasteiger partial charge in [0, 0.05) is 17.5 Å². The zero-order valence-corrected chi connectivity index (χ0v) is 14.7. The van der Waals surface area contributed by atoms with Crippen molar-refractivity contribution in [1.29, 1.82) is 0 Å². The topological polar surface area (TPSA) is 82.5 Å². The van der Waals surface area contributed by atoms with Crippen molar-refractivity contribution >= 4 is 29.8 Å². The SMILES string of the molecule is [B]c1ccc(Cc2ccc(Cn3nnc(-c4cccnc4N)n3)cc2)s1. The molecule has 0 atom stereocenters. The summed E-state index contributed by atoms with van der Waals surface area (Å²) in [7, 11) is 5.78. The van der Waals surface area contributed by atoms with Gasteiger partial charge < -0.3 is 5.73 Å². The fourth-order valence-electron chi connectivity index (χ4n) is 2.64. The number of pyridine rings is 1. The molecule has 4 aromatic rings. The molecule has 0 aliphatic carbocycles. The van der Waals surface area contributed by atoms with Crippen molar-refractivity contribution < 1.29 is 0 Å². The lowest BCUT2D eigenvalue weighted by Crippen LogP contribution is -2.04. The molecule has 4 rings (SSSR count). The second-order valence-electron chi connectivity index (χ2n) is 5.88. The summed E-state index contributed by atoms with van der Waals surface area (Å²) in [4.78, 5) is 6.86. The van der Waals surface area contributed by atoms with Crippen LogP contribution in [0.5, 0.6) is 0 Å². The molecule has 0 spiro atoms. The minimum Gasteiger partial charge on any atom is -0.383 e. The summed E-state index contributed by atoms with van der Waals surface area (Å²) < 4.78 is 0.846. The van der Waals surface area contributed by atoms with Gasteiger partial charge in [0.15, 0.2) is 0 Å². The first-order valence-electron chi connectivity index (χ1n) is 8.08. The number of thiophene rings is 1. The highest BCUT2D eigenvalue weighted by molar-refractivity contribution is 7.20. The van der Waals surface area contributed by atoms with Crippen LogP contribution in [-0.4, -0.2) is 33.0 Å². The Morgan fingerprint density at radius 2 is 1.85 bits per heavy atom. The molecule has 0 amide bonds. The van der Waals surface area contributed by atoms with E-state index in [0.29, 0.717) is 23.8 Å². The molecule has 0 saturated heterocycles. The number of nitrogens with zero attached hydrogens (tertiary/aromatic N) is 5. The number of nitrogen functional groups attached to an aromatic ring is 1. The molecular weight excluding hydrogens is 343 g/mol. The van der Waals surface area contributed by atoms with Gasteiger partial charge in [-0.3, -0.25) is 0 Å². The zero-order valence-electron chi connectivity index (χ0n) is 13.9. The van der Waals surface area contributed by atoms with E-state index >= 15 is 0 Å². The lowest BCUT2D eigenvalue weighted by Gasteiger charge is -2.03. The minimum absolute atomic E-state index is 0.394. The standard InChI is InChI=1S/C18H15BN6S/c19-16-8-7-14(26-16)10-12-3-5-13(6-4-12)11-25-23-18(22-24-25)15-2-1-9-21-17(15)20/h1-9H,10-11H2,(H2,20,21). The van der Waals surface area contributed by atoms with Gasteiger partial charge in [-0.1, -0.05) is 30.3 Å². The Bertz CT molecular complexity index is 1020. The van der Waals surface area contributed by atoms with Gasteiger partial charge >= 0.3 is 0 Å². The third kappa shape index (κ3) is 3.65. The summed E-state index contributed by atoms with van der Waals surface area (Å²) >= 11 is 1.62. The van der Waals surface area contributed by atoms with Gasteiger partial charge in [-0.15, -0.1) is 10.2 Å². The smallest absolute Gasteiger partial charge is 0.208 e. The van der Waals surface area contributed by atoms with Crippen LogP contribution in [0, 0.1) is 0 Å². The van der Waals surface area contributed by atoms with Crippen molar-refractivity contribution in [3.8, 4) is 11.4 Å². The first kappa shape index (κ1) is 16.5. The Morgan fingerprint density at radius 1 is 1.04 bits per heavy atom. The number of benzene rings is 1. The number of tetrazole rings is 1. The van der Waals surface area contributed by atoms with E-state index in [0.717, 1.165) is 16.8 Å². The van der Waals surface area contributed by atoms with Crippen molar-refractivity contribution in [2.45, 2.75) is 13.0 Å². The van der Waals surface area contributed by atoms with Gasteiger partial charge in [0.1, 0.15) is 13.7 Å². The van der Waals surface area contributed by atoms with E-state index in [1.165, 1.54) is 10.4 Å². The van der Waals surface area contributed by atoms with Crippen LogP contribution in [0.2, 0.25) is 0 Å². The van der Waals surface area contributed by atoms with Gasteiger partial charge in [-0.2, -0.15) is 16.1 Å². The molecule has 0 fully saturated rings. The molecule has 8 heteroatoms. The Hall–Kier alpha value is -3.00. The van der Waals surface area contributed by atoms with Crippen molar-refractivity contribution in [2.75, 3.05) is 5.73 Å². The Balaban J connectivity index is 1.45. The molecule has 0 unspecified atom stereocenters. The highest BCUT2D eigenvalue weighted by atomic mass is 32.1. The Labute approximate surface area is 156 Å². The molecule has 3 heterocycles. The third-order valence-electron chi connectivity index (χ3n) is 3.94. The molecule has 2 radical (unpaired) electrons. The van der Waals surface area contributed by atoms with Crippen molar-refractivity contribution in [3.05, 3.63) is 70.7 Å². The van der Waals surface area contributed by atoms with E-state index in [1.54, 1.807) is 28.4 Å². The number of anilines is 1. The highest BCUT2D eigenvalue weighted by Crippen LogP contribution is 2.19. The van der Waals surface area contributed by atoms with Crippen LogP contribution < -0.4 is 10.5 Å². The predicted octanol–water partition coefficient (Wildman–Crippen LogP) is 1.81. The van der Waals surface area contributed by atoms with Crippen molar-refractivity contribution in [1.82, 2.24) is 25.2 Å². The maximum absolute atomic E-state index is 5.86. The van der Waals surface area contributed by atoms with E-state index in [9.17, 15) is 0 Å². The van der Waals surface area contributed by atoms with Gasteiger partial charge in [0.05, 0.1) is 12.1 Å². The Kier molecular flexibility index (Phi) is 4.49. The molecule has 0 saturated carbocycles. The Morgan fingerprint density at radius 3 is 2.58 bits per heavy atom. The average Bonchev–Trinajstić information content (AvgIpc) is 3.26. The molecule has 2 N–H and O–H groups in total. The maximum atomic E-state index is 5.86. The third-order valence-corrected chi connectivity index (χ3v) is 4.85. The monoisotopic (exact) mass is 358 g/mol. The molecule has 1 aromatic carbocycles. The lowest BCUT2D eigenvalue weighted by molar-refractivity contribution is 0.573. The maximum Gasteiger partial charge on any atom is 0.208 e. The number of aromatic nitrogens is 5. The van der Waals surface area contributed by atoms with Crippen molar-refractivity contribution in [2.24, 2.45) is 0 Å². The normalized spacial score (nSPS) is 10.9. The van der Waals surface area contributed by atoms with Gasteiger partial charge in [0.2, 0.25) is 5.82 Å². The summed E-state index contributed by atoms with van der Waals surface area (Å²) in [6.45, 7) is 0.541. The van der Waals surface area contributed by atoms with E-state index in [4.69, 9.17) is 13.6 Å². The van der Waals surface area contributed by atoms with Crippen LogP contribution in [0.15, 0.2) is 54.7 Å². The van der Waals surface area contributed by atoms with Crippen LogP contribution >= 0.6 is 11.3 Å². The van der Waals surface area contributed by atoms with E-state index < -0.39 is 0 Å². The van der Waals surface area contributed by atoms with Gasteiger partial charge in [-0.25, -0.2) is 4.98 Å². The summed E-state index contributed by atoms with van der Waals surface area (Å²) in [6, 6.07) is 16.0. The lowest BCUT2D eigenvalue weighted by atomic mass is 10.1. The molecule has 26 heavy (non-hydrogen) atoms. The summed E-state index contributed by atoms with van der Waals surface area (Å²) in [6.07, 6.45) is 2.52. The van der Waals surface area contributed by atoms with Crippen molar-refractivity contribution in [3.63, 3.8) is 0 Å². The van der Waals surface area contributed by atoms with Crippen LogP contribution in [0.3, 0.4) is 0 Å². The van der Waals surface area contributed by atoms with E-state index in [-0.39, 0.29) is 0 Å². The zero-order chi connectivity index (χ0) is 17.9. The fraction of sp³-hybridized carbons (Fsp3) is 0.111. The van der Waals surface area contributed by atoms with Gasteiger partial charge in [-0.05, 0) is 39.3 Å². The summed E-state index contributed by atoms with van der Waals surface area (Å²) in [5, 5.41) is 12.6. The largest absolute Gasteiger partial charge is 0.383 e. The first-order valence-corrected chi connectivity index (χ1v) is 8.90. The van der Waals surface area contributed by atoms with Gasteiger partial charge in [0.25, 0.3) is 0 Å². The number of rotatable bonds is 5. The number of hydrogen-bond acceptors (Lipinski definition) is 6. The second-order valence-corrected chi connectivity index (χ2v) is 7.08. The molecule has 126 valence electrons. The number of nitrogens with two attached hydrogens (primary N) is 1. The first-order chi connectivity index (χ1) is 12.7. The molecule has 3 aromatic heterocycles. The second kappa shape index (κ2) is 7.09. The molecule has 0 aliphatic rings. The molecule has 6 nitrogen and oxygen atoms in total. The van der Waals surface area contributed by atoms with Crippen LogP contribution in [0.1, 0.15) is 16.0 Å². The highest BCUT2D eigenvalue weighted by Gasteiger charge is 2.10. The summed E-state index contributed by atoms with van der Waals surface area (Å²) in [5.41, 5.74) is 8.89. The quantitative estimate of drug-likeness (QED) is 0.550. The molecular formula is C18H15BN6S. The average molecular weight is 358 g/mol. The van der Waals surface area contributed by atoms with Crippen LogP contribution in [0.25, 0.3) is 11.4 Å². The summed E-state index contributed by atoms with van der Waals surface area (Å²) in [5.74, 6) is 0.869. The fourth-order valence-corrected chi connectivity index (χ4v) is 3.45. The van der Waals surface area contributed by atoms with Crippen LogP contribution in [-0.2, 0) is 13.0 Å². The minimum atomic E-state index is 0.394.